The minimum absolute atomic E-state index is 0.0226. The second-order valence-electron chi connectivity index (χ2n) is 6.14. The summed E-state index contributed by atoms with van der Waals surface area (Å²) in [6, 6.07) is 0. The molecule has 0 bridgehead atoms. The first-order chi connectivity index (χ1) is 9.77. The average Bonchev–Trinajstić information content (AvgIpc) is 2.49. The Morgan fingerprint density at radius 1 is 1.10 bits per heavy atom. The van der Waals surface area contributed by atoms with Crippen LogP contribution in [0.5, 0.6) is 0 Å². The number of carbonyl (C=O) groups is 1. The molecule has 1 saturated heterocycles. The highest BCUT2D eigenvalue weighted by molar-refractivity contribution is 5.72. The van der Waals surface area contributed by atoms with E-state index in [2.05, 4.69) is 11.8 Å². The number of nitrogens with zero attached hydrogens (tertiary/aromatic N) is 1. The van der Waals surface area contributed by atoms with E-state index in [-0.39, 0.29) is 11.9 Å². The van der Waals surface area contributed by atoms with Crippen LogP contribution < -0.4 is 0 Å². The first-order valence-electron chi connectivity index (χ1n) is 8.58. The van der Waals surface area contributed by atoms with Crippen molar-refractivity contribution in [2.75, 3.05) is 26.7 Å². The summed E-state index contributed by atoms with van der Waals surface area (Å²) >= 11 is 0. The fraction of sp³-hybridized carbons (Fsp3) is 0.941. The van der Waals surface area contributed by atoms with Gasteiger partial charge in [-0.25, -0.2) is 0 Å². The fourth-order valence-corrected chi connectivity index (χ4v) is 3.09. The Hall–Kier alpha value is -0.570. The van der Waals surface area contributed by atoms with Gasteiger partial charge in [0, 0.05) is 6.54 Å². The zero-order chi connectivity index (χ0) is 14.6. The van der Waals surface area contributed by atoms with Gasteiger partial charge in [0.2, 0.25) is 0 Å². The topological polar surface area (TPSA) is 29.5 Å². The van der Waals surface area contributed by atoms with E-state index in [0.29, 0.717) is 0 Å². The van der Waals surface area contributed by atoms with E-state index >= 15 is 0 Å². The second kappa shape index (κ2) is 11.1. The summed E-state index contributed by atoms with van der Waals surface area (Å²) in [5.74, 6) is 0.0911. The SMILES string of the molecule is CCCCCCCCCCN1CCCC(C(=O)OC)C1. The maximum absolute atomic E-state index is 11.6. The Kier molecular flexibility index (Phi) is 9.73. The van der Waals surface area contributed by atoms with Crippen molar-refractivity contribution in [1.29, 1.82) is 0 Å². The molecule has 0 radical (unpaired) electrons. The molecule has 3 heteroatoms. The summed E-state index contributed by atoms with van der Waals surface area (Å²) in [5, 5.41) is 0. The third-order valence-corrected chi connectivity index (χ3v) is 4.37. The second-order valence-corrected chi connectivity index (χ2v) is 6.14. The smallest absolute Gasteiger partial charge is 0.309 e. The lowest BCUT2D eigenvalue weighted by Gasteiger charge is -2.31. The van der Waals surface area contributed by atoms with Crippen LogP contribution in [0.3, 0.4) is 0 Å². The summed E-state index contributed by atoms with van der Waals surface area (Å²) in [4.78, 5) is 14.0. The van der Waals surface area contributed by atoms with Crippen LogP contribution in [0.2, 0.25) is 0 Å². The molecule has 1 rings (SSSR count). The molecule has 20 heavy (non-hydrogen) atoms. The van der Waals surface area contributed by atoms with Crippen LogP contribution in [0.25, 0.3) is 0 Å². The zero-order valence-corrected chi connectivity index (χ0v) is 13.5. The van der Waals surface area contributed by atoms with Crippen LogP contribution >= 0.6 is 0 Å². The van der Waals surface area contributed by atoms with Gasteiger partial charge in [-0.15, -0.1) is 0 Å². The first kappa shape index (κ1) is 17.5. The van der Waals surface area contributed by atoms with Gasteiger partial charge < -0.3 is 9.64 Å². The molecule has 3 nitrogen and oxygen atoms in total. The van der Waals surface area contributed by atoms with E-state index in [0.717, 1.165) is 32.5 Å². The predicted octanol–water partition coefficient (Wildman–Crippen LogP) is 4.01. The van der Waals surface area contributed by atoms with Gasteiger partial charge in [0.25, 0.3) is 0 Å². The third kappa shape index (κ3) is 7.28. The van der Waals surface area contributed by atoms with E-state index in [1.807, 2.05) is 0 Å². The standard InChI is InChI=1S/C17H33NO2/c1-3-4-5-6-7-8-9-10-13-18-14-11-12-16(15-18)17(19)20-2/h16H,3-15H2,1-2H3. The van der Waals surface area contributed by atoms with Crippen LogP contribution in [0.1, 0.15) is 71.1 Å². The molecule has 0 saturated carbocycles. The number of ether oxygens (including phenoxy) is 1. The van der Waals surface area contributed by atoms with Crippen molar-refractivity contribution in [2.24, 2.45) is 5.92 Å². The molecule has 0 N–H and O–H groups in total. The summed E-state index contributed by atoms with van der Waals surface area (Å²) < 4.78 is 4.86. The number of hydrogen-bond acceptors (Lipinski definition) is 3. The number of piperidine rings is 1. The molecular weight excluding hydrogens is 250 g/mol. The molecule has 0 aromatic rings. The van der Waals surface area contributed by atoms with Gasteiger partial charge in [-0.2, -0.15) is 0 Å². The molecule has 0 spiro atoms. The molecule has 0 aromatic carbocycles. The number of unbranched alkanes of at least 4 members (excludes halogenated alkanes) is 7. The highest BCUT2D eigenvalue weighted by Crippen LogP contribution is 2.18. The lowest BCUT2D eigenvalue weighted by Crippen LogP contribution is -2.39. The number of esters is 1. The van der Waals surface area contributed by atoms with E-state index in [1.165, 1.54) is 58.5 Å². The van der Waals surface area contributed by atoms with Crippen molar-refractivity contribution in [1.82, 2.24) is 4.90 Å². The Morgan fingerprint density at radius 2 is 1.75 bits per heavy atom. The molecule has 0 aromatic heterocycles. The van der Waals surface area contributed by atoms with E-state index in [4.69, 9.17) is 4.74 Å². The number of rotatable bonds is 10. The summed E-state index contributed by atoms with van der Waals surface area (Å²) in [6.07, 6.45) is 13.1. The molecule has 1 heterocycles. The van der Waals surface area contributed by atoms with Crippen molar-refractivity contribution in [3.05, 3.63) is 0 Å². The highest BCUT2D eigenvalue weighted by Gasteiger charge is 2.25. The van der Waals surface area contributed by atoms with E-state index in [9.17, 15) is 4.79 Å². The maximum Gasteiger partial charge on any atom is 0.309 e. The number of likely N-dealkylation sites (tertiary alicyclic amines) is 1. The normalized spacial score (nSPS) is 20.0. The number of carbonyl (C=O) groups excluding carboxylic acids is 1. The molecule has 0 aliphatic carbocycles. The molecule has 1 aliphatic rings. The van der Waals surface area contributed by atoms with Crippen molar-refractivity contribution in [3.8, 4) is 0 Å². The average molecular weight is 283 g/mol. The van der Waals surface area contributed by atoms with Crippen molar-refractivity contribution in [3.63, 3.8) is 0 Å². The van der Waals surface area contributed by atoms with Gasteiger partial charge >= 0.3 is 5.97 Å². The Morgan fingerprint density at radius 3 is 2.40 bits per heavy atom. The number of methoxy groups -OCH3 is 1. The first-order valence-corrected chi connectivity index (χ1v) is 8.58. The van der Waals surface area contributed by atoms with Crippen molar-refractivity contribution in [2.45, 2.75) is 71.1 Å². The van der Waals surface area contributed by atoms with Crippen LogP contribution in [0.15, 0.2) is 0 Å². The monoisotopic (exact) mass is 283 g/mol. The highest BCUT2D eigenvalue weighted by atomic mass is 16.5. The largest absolute Gasteiger partial charge is 0.469 e. The summed E-state index contributed by atoms with van der Waals surface area (Å²) in [5.41, 5.74) is 0. The van der Waals surface area contributed by atoms with Gasteiger partial charge in [0.05, 0.1) is 13.0 Å². The molecular formula is C17H33NO2. The summed E-state index contributed by atoms with van der Waals surface area (Å²) in [6.45, 7) is 5.48. The molecule has 1 aliphatic heterocycles. The quantitative estimate of drug-likeness (QED) is 0.448. The molecule has 1 unspecified atom stereocenters. The van der Waals surface area contributed by atoms with Crippen LogP contribution in [-0.4, -0.2) is 37.6 Å². The molecule has 1 fully saturated rings. The van der Waals surface area contributed by atoms with Crippen molar-refractivity contribution < 1.29 is 9.53 Å². The number of hydrogen-bond donors (Lipinski definition) is 0. The van der Waals surface area contributed by atoms with Crippen LogP contribution in [0, 0.1) is 5.92 Å². The van der Waals surface area contributed by atoms with Crippen molar-refractivity contribution >= 4 is 5.97 Å². The van der Waals surface area contributed by atoms with Gasteiger partial charge in [-0.05, 0) is 32.4 Å². The van der Waals surface area contributed by atoms with Crippen LogP contribution in [-0.2, 0) is 9.53 Å². The Bertz CT molecular complexity index is 255. The maximum atomic E-state index is 11.6. The predicted molar refractivity (Wildman–Crippen MR) is 83.8 cm³/mol. The molecule has 0 amide bonds. The van der Waals surface area contributed by atoms with Gasteiger partial charge in [-0.1, -0.05) is 51.9 Å². The summed E-state index contributed by atoms with van der Waals surface area (Å²) in [7, 11) is 1.50. The fourth-order valence-electron chi connectivity index (χ4n) is 3.09. The van der Waals surface area contributed by atoms with E-state index < -0.39 is 0 Å². The van der Waals surface area contributed by atoms with Crippen LogP contribution in [0.4, 0.5) is 0 Å². The Balaban J connectivity index is 2.00. The van der Waals surface area contributed by atoms with Gasteiger partial charge in [-0.3, -0.25) is 4.79 Å². The van der Waals surface area contributed by atoms with Gasteiger partial charge in [0.15, 0.2) is 0 Å². The van der Waals surface area contributed by atoms with Gasteiger partial charge in [0.1, 0.15) is 0 Å². The lowest BCUT2D eigenvalue weighted by molar-refractivity contribution is -0.147. The minimum Gasteiger partial charge on any atom is -0.469 e. The third-order valence-electron chi connectivity index (χ3n) is 4.37. The lowest BCUT2D eigenvalue weighted by atomic mass is 9.98. The minimum atomic E-state index is -0.0226. The molecule has 118 valence electrons. The molecule has 1 atom stereocenters. The Labute approximate surface area is 125 Å². The zero-order valence-electron chi connectivity index (χ0n) is 13.5. The van der Waals surface area contributed by atoms with E-state index in [1.54, 1.807) is 0 Å².